The van der Waals surface area contributed by atoms with Crippen molar-refractivity contribution in [3.05, 3.63) is 18.0 Å². The Balaban J connectivity index is 1.60. The molecule has 1 aromatic rings. The van der Waals surface area contributed by atoms with E-state index in [1.54, 1.807) is 0 Å². The molecule has 2 fully saturated rings. The molecule has 0 spiro atoms. The molecule has 2 heterocycles. The van der Waals surface area contributed by atoms with E-state index in [0.717, 1.165) is 6.61 Å². The Morgan fingerprint density at radius 3 is 2.96 bits per heavy atom. The maximum atomic E-state index is 9.95. The standard InChI is InChI=1S/C17H30N4O2/c1-13-9-23-12-17(11-22,20(13)3)10-18-14(2)15-7-19-21(8-15)16-5-4-6-16/h7-8,13-14,16,18,22H,4-6,9-12H2,1-3H3/t13-,14?,17+/m1/s1. The summed E-state index contributed by atoms with van der Waals surface area (Å²) < 4.78 is 7.80. The summed E-state index contributed by atoms with van der Waals surface area (Å²) in [5.41, 5.74) is 0.855. The van der Waals surface area contributed by atoms with Crippen LogP contribution >= 0.6 is 0 Å². The van der Waals surface area contributed by atoms with Gasteiger partial charge in [0.1, 0.15) is 0 Å². The second-order valence-corrected chi connectivity index (χ2v) is 7.30. The van der Waals surface area contributed by atoms with Gasteiger partial charge in [-0.05, 0) is 40.2 Å². The van der Waals surface area contributed by atoms with E-state index in [9.17, 15) is 5.11 Å². The Kier molecular flexibility index (Phi) is 5.06. The van der Waals surface area contributed by atoms with Crippen LogP contribution in [0, 0.1) is 0 Å². The first-order chi connectivity index (χ1) is 11.1. The van der Waals surface area contributed by atoms with Crippen molar-refractivity contribution < 1.29 is 9.84 Å². The molecule has 0 aromatic carbocycles. The molecule has 130 valence electrons. The average Bonchev–Trinajstić information content (AvgIpc) is 2.96. The first-order valence-electron chi connectivity index (χ1n) is 8.75. The maximum absolute atomic E-state index is 9.95. The quantitative estimate of drug-likeness (QED) is 0.827. The number of nitrogens with one attached hydrogen (secondary N) is 1. The lowest BCUT2D eigenvalue weighted by molar-refractivity contribution is -0.106. The Morgan fingerprint density at radius 1 is 1.52 bits per heavy atom. The first-order valence-corrected chi connectivity index (χ1v) is 8.75. The zero-order chi connectivity index (χ0) is 16.4. The van der Waals surface area contributed by atoms with Crippen molar-refractivity contribution in [1.29, 1.82) is 0 Å². The summed E-state index contributed by atoms with van der Waals surface area (Å²) in [5, 5.41) is 18.0. The van der Waals surface area contributed by atoms with Crippen molar-refractivity contribution in [3.8, 4) is 0 Å². The van der Waals surface area contributed by atoms with Crippen LogP contribution in [0.2, 0.25) is 0 Å². The molecular weight excluding hydrogens is 292 g/mol. The highest BCUT2D eigenvalue weighted by Gasteiger charge is 2.40. The van der Waals surface area contributed by atoms with Crippen molar-refractivity contribution in [3.63, 3.8) is 0 Å². The van der Waals surface area contributed by atoms with E-state index in [2.05, 4.69) is 47.1 Å². The molecule has 1 saturated heterocycles. The molecule has 1 aliphatic heterocycles. The minimum Gasteiger partial charge on any atom is -0.394 e. The molecule has 2 aliphatic rings. The number of rotatable bonds is 6. The third kappa shape index (κ3) is 3.31. The minimum atomic E-state index is -0.351. The molecule has 6 nitrogen and oxygen atoms in total. The number of aliphatic hydroxyl groups excluding tert-OH is 1. The average molecular weight is 322 g/mol. The fourth-order valence-corrected chi connectivity index (χ4v) is 3.38. The number of aliphatic hydroxyl groups is 1. The van der Waals surface area contributed by atoms with E-state index >= 15 is 0 Å². The van der Waals surface area contributed by atoms with Crippen LogP contribution in [0.15, 0.2) is 12.4 Å². The zero-order valence-electron chi connectivity index (χ0n) is 14.5. The van der Waals surface area contributed by atoms with Crippen LogP contribution in [-0.2, 0) is 4.74 Å². The molecule has 1 aromatic heterocycles. The van der Waals surface area contributed by atoms with Gasteiger partial charge < -0.3 is 15.2 Å². The molecular formula is C17H30N4O2. The number of nitrogens with zero attached hydrogens (tertiary/aromatic N) is 3. The maximum Gasteiger partial charge on any atom is 0.0802 e. The summed E-state index contributed by atoms with van der Waals surface area (Å²) in [6, 6.07) is 1.12. The molecule has 0 bridgehead atoms. The van der Waals surface area contributed by atoms with Gasteiger partial charge in [0.15, 0.2) is 0 Å². The van der Waals surface area contributed by atoms with Gasteiger partial charge in [0.25, 0.3) is 0 Å². The number of morpholine rings is 1. The van der Waals surface area contributed by atoms with Crippen LogP contribution < -0.4 is 5.32 Å². The van der Waals surface area contributed by atoms with Crippen LogP contribution in [-0.4, -0.2) is 64.8 Å². The lowest BCUT2D eigenvalue weighted by atomic mass is 9.93. The first kappa shape index (κ1) is 16.9. The monoisotopic (exact) mass is 322 g/mol. The topological polar surface area (TPSA) is 62.5 Å². The largest absolute Gasteiger partial charge is 0.394 e. The van der Waals surface area contributed by atoms with Crippen LogP contribution in [0.5, 0.6) is 0 Å². The Morgan fingerprint density at radius 2 is 2.30 bits per heavy atom. The normalized spacial score (nSPS) is 31.0. The lowest BCUT2D eigenvalue weighted by Crippen LogP contribution is -2.65. The molecule has 3 rings (SSSR count). The number of hydrogen-bond acceptors (Lipinski definition) is 5. The molecule has 1 unspecified atom stereocenters. The van der Waals surface area contributed by atoms with E-state index in [1.807, 2.05) is 6.20 Å². The highest BCUT2D eigenvalue weighted by molar-refractivity contribution is 5.11. The Bertz CT molecular complexity index is 516. The number of aromatic nitrogens is 2. The highest BCUT2D eigenvalue weighted by atomic mass is 16.5. The van der Waals surface area contributed by atoms with E-state index in [4.69, 9.17) is 4.74 Å². The van der Waals surface area contributed by atoms with E-state index in [1.165, 1.54) is 24.8 Å². The third-order valence-electron chi connectivity index (χ3n) is 5.74. The molecule has 1 saturated carbocycles. The van der Waals surface area contributed by atoms with Gasteiger partial charge >= 0.3 is 0 Å². The summed E-state index contributed by atoms with van der Waals surface area (Å²) in [4.78, 5) is 2.24. The van der Waals surface area contributed by atoms with Gasteiger partial charge in [0.2, 0.25) is 0 Å². The van der Waals surface area contributed by atoms with Crippen molar-refractivity contribution in [2.75, 3.05) is 33.4 Å². The van der Waals surface area contributed by atoms with Gasteiger partial charge in [0, 0.05) is 30.4 Å². The minimum absolute atomic E-state index is 0.0922. The van der Waals surface area contributed by atoms with Gasteiger partial charge in [-0.1, -0.05) is 0 Å². The van der Waals surface area contributed by atoms with Crippen LogP contribution in [0.4, 0.5) is 0 Å². The number of ether oxygens (including phenoxy) is 1. The molecule has 3 atom stereocenters. The predicted octanol–water partition coefficient (Wildman–Crippen LogP) is 1.34. The molecule has 23 heavy (non-hydrogen) atoms. The van der Waals surface area contributed by atoms with Crippen molar-refractivity contribution >= 4 is 0 Å². The van der Waals surface area contributed by atoms with Gasteiger partial charge in [-0.2, -0.15) is 5.10 Å². The van der Waals surface area contributed by atoms with E-state index in [0.29, 0.717) is 25.2 Å². The predicted molar refractivity (Wildman–Crippen MR) is 89.4 cm³/mol. The molecule has 2 N–H and O–H groups in total. The van der Waals surface area contributed by atoms with Crippen molar-refractivity contribution in [2.45, 2.75) is 56.8 Å². The smallest absolute Gasteiger partial charge is 0.0802 e. The van der Waals surface area contributed by atoms with E-state index < -0.39 is 0 Å². The van der Waals surface area contributed by atoms with Crippen LogP contribution in [0.3, 0.4) is 0 Å². The lowest BCUT2D eigenvalue weighted by Gasteiger charge is -2.47. The van der Waals surface area contributed by atoms with Gasteiger partial charge in [-0.25, -0.2) is 0 Å². The van der Waals surface area contributed by atoms with Crippen LogP contribution in [0.1, 0.15) is 50.8 Å². The fraction of sp³-hybridized carbons (Fsp3) is 0.824. The fourth-order valence-electron chi connectivity index (χ4n) is 3.38. The van der Waals surface area contributed by atoms with Gasteiger partial charge in [-0.15, -0.1) is 0 Å². The summed E-state index contributed by atoms with van der Waals surface area (Å²) in [6.45, 7) is 6.36. The SMILES string of the molecule is CC(NC[C@]1(CO)COC[C@@H](C)N1C)c1cnn(C2CCC2)c1. The van der Waals surface area contributed by atoms with Crippen molar-refractivity contribution in [2.24, 2.45) is 0 Å². The zero-order valence-corrected chi connectivity index (χ0v) is 14.5. The Labute approximate surface area is 138 Å². The van der Waals surface area contributed by atoms with Gasteiger partial charge in [-0.3, -0.25) is 9.58 Å². The van der Waals surface area contributed by atoms with Crippen LogP contribution in [0.25, 0.3) is 0 Å². The summed E-state index contributed by atoms with van der Waals surface area (Å²) >= 11 is 0. The molecule has 6 heteroatoms. The number of hydrogen-bond donors (Lipinski definition) is 2. The second-order valence-electron chi connectivity index (χ2n) is 7.30. The summed E-state index contributed by atoms with van der Waals surface area (Å²) in [6.07, 6.45) is 7.94. The summed E-state index contributed by atoms with van der Waals surface area (Å²) in [5.74, 6) is 0. The third-order valence-corrected chi connectivity index (χ3v) is 5.74. The number of likely N-dealkylation sites (N-methyl/N-ethyl adjacent to an activating group) is 1. The van der Waals surface area contributed by atoms with Crippen molar-refractivity contribution in [1.82, 2.24) is 20.0 Å². The Hall–Kier alpha value is -0.950. The second kappa shape index (κ2) is 6.89. The molecule has 0 radical (unpaired) electrons. The molecule has 1 aliphatic carbocycles. The van der Waals surface area contributed by atoms with E-state index in [-0.39, 0.29) is 18.2 Å². The summed E-state index contributed by atoms with van der Waals surface area (Å²) in [7, 11) is 2.07. The van der Waals surface area contributed by atoms with Gasteiger partial charge in [0.05, 0.1) is 37.6 Å². The highest BCUT2D eigenvalue weighted by Crippen LogP contribution is 2.31. The molecule has 0 amide bonds.